The zero-order valence-corrected chi connectivity index (χ0v) is 14.4. The van der Waals surface area contributed by atoms with Gasteiger partial charge in [-0.3, -0.25) is 4.79 Å². The molecule has 1 aliphatic heterocycles. The van der Waals surface area contributed by atoms with Crippen LogP contribution < -0.4 is 5.32 Å². The second kappa shape index (κ2) is 8.46. The molecule has 1 fully saturated rings. The summed E-state index contributed by atoms with van der Waals surface area (Å²) >= 11 is 0. The first-order valence-electron chi connectivity index (χ1n) is 8.60. The smallest absolute Gasteiger partial charge is 0.222 e. The molecule has 4 nitrogen and oxygen atoms in total. The van der Waals surface area contributed by atoms with Crippen LogP contribution in [0, 0.1) is 18.8 Å². The number of aryl methyl sites for hydroxylation is 1. The summed E-state index contributed by atoms with van der Waals surface area (Å²) in [6.07, 6.45) is 1.70. The van der Waals surface area contributed by atoms with E-state index in [2.05, 4.69) is 36.5 Å². The average molecular weight is 319 g/mol. The molecule has 3 atom stereocenters. The number of carbonyl (C=O) groups is 1. The molecular weight excluding hydrogens is 290 g/mol. The molecule has 3 unspecified atom stereocenters. The van der Waals surface area contributed by atoms with E-state index in [-0.39, 0.29) is 30.3 Å². The lowest BCUT2D eigenvalue weighted by atomic mass is 9.89. The topological polar surface area (TPSA) is 58.6 Å². The molecular formula is C19H29NO3. The van der Waals surface area contributed by atoms with Gasteiger partial charge in [-0.25, -0.2) is 0 Å². The fourth-order valence-corrected chi connectivity index (χ4v) is 2.92. The molecule has 1 heterocycles. The van der Waals surface area contributed by atoms with Gasteiger partial charge < -0.3 is 15.2 Å². The van der Waals surface area contributed by atoms with Crippen LogP contribution in [0.4, 0.5) is 0 Å². The molecule has 128 valence electrons. The molecule has 23 heavy (non-hydrogen) atoms. The summed E-state index contributed by atoms with van der Waals surface area (Å²) < 4.78 is 5.97. The normalized spacial score (nSPS) is 22.8. The Morgan fingerprint density at radius 1 is 1.35 bits per heavy atom. The van der Waals surface area contributed by atoms with Crippen molar-refractivity contribution in [1.29, 1.82) is 0 Å². The molecule has 0 radical (unpaired) electrons. The summed E-state index contributed by atoms with van der Waals surface area (Å²) in [7, 11) is 0. The molecule has 2 N–H and O–H groups in total. The highest BCUT2D eigenvalue weighted by atomic mass is 16.5. The first-order chi connectivity index (χ1) is 11.0. The summed E-state index contributed by atoms with van der Waals surface area (Å²) in [6.45, 7) is 7.28. The Bertz CT molecular complexity index is 498. The van der Waals surface area contributed by atoms with Crippen LogP contribution in [0.1, 0.15) is 50.3 Å². The van der Waals surface area contributed by atoms with Crippen LogP contribution in [-0.4, -0.2) is 30.3 Å². The lowest BCUT2D eigenvalue weighted by molar-refractivity contribution is -0.124. The quantitative estimate of drug-likeness (QED) is 0.847. The van der Waals surface area contributed by atoms with E-state index in [1.807, 2.05) is 13.8 Å². The number of aliphatic hydroxyl groups is 1. The van der Waals surface area contributed by atoms with E-state index >= 15 is 0 Å². The molecule has 1 aromatic carbocycles. The van der Waals surface area contributed by atoms with E-state index in [1.54, 1.807) is 0 Å². The third-order valence-corrected chi connectivity index (χ3v) is 4.58. The summed E-state index contributed by atoms with van der Waals surface area (Å²) in [5, 5.41) is 12.8. The Kier molecular flexibility index (Phi) is 6.60. The number of rotatable bonds is 6. The van der Waals surface area contributed by atoms with Crippen molar-refractivity contribution in [3.8, 4) is 0 Å². The highest BCUT2D eigenvalue weighted by molar-refractivity contribution is 5.76. The minimum absolute atomic E-state index is 0.0414. The van der Waals surface area contributed by atoms with Gasteiger partial charge in [0.1, 0.15) is 0 Å². The standard InChI is InChI=1S/C19H29NO3/c1-13(2)17(21)11-18(22)20-12-16-5-4-10-23-19(16)15-8-6-14(3)7-9-15/h6-9,13,16-17,19,21H,4-5,10-12H2,1-3H3,(H,20,22). The fraction of sp³-hybridized carbons (Fsp3) is 0.632. The van der Waals surface area contributed by atoms with Crippen molar-refractivity contribution in [2.24, 2.45) is 11.8 Å². The number of carbonyl (C=O) groups excluding carboxylic acids is 1. The van der Waals surface area contributed by atoms with E-state index in [0.29, 0.717) is 6.54 Å². The first-order valence-corrected chi connectivity index (χ1v) is 8.60. The molecule has 1 saturated heterocycles. The molecule has 0 saturated carbocycles. The fourth-order valence-electron chi connectivity index (χ4n) is 2.92. The van der Waals surface area contributed by atoms with Gasteiger partial charge >= 0.3 is 0 Å². The monoisotopic (exact) mass is 319 g/mol. The van der Waals surface area contributed by atoms with Crippen molar-refractivity contribution in [2.75, 3.05) is 13.2 Å². The van der Waals surface area contributed by atoms with Gasteiger partial charge in [0.15, 0.2) is 0 Å². The molecule has 4 heteroatoms. The van der Waals surface area contributed by atoms with Gasteiger partial charge in [-0.05, 0) is 31.2 Å². The van der Waals surface area contributed by atoms with E-state index in [0.717, 1.165) is 19.4 Å². The van der Waals surface area contributed by atoms with Crippen LogP contribution in [0.15, 0.2) is 24.3 Å². The Balaban J connectivity index is 1.91. The van der Waals surface area contributed by atoms with Crippen LogP contribution in [-0.2, 0) is 9.53 Å². The molecule has 1 amide bonds. The predicted octanol–water partition coefficient (Wildman–Crippen LogP) is 2.99. The highest BCUT2D eigenvalue weighted by Gasteiger charge is 2.28. The second-order valence-electron chi connectivity index (χ2n) is 6.92. The van der Waals surface area contributed by atoms with Gasteiger partial charge in [0, 0.05) is 19.1 Å². The first kappa shape index (κ1) is 18.0. The minimum Gasteiger partial charge on any atom is -0.392 e. The highest BCUT2D eigenvalue weighted by Crippen LogP contribution is 2.33. The van der Waals surface area contributed by atoms with E-state index < -0.39 is 6.10 Å². The van der Waals surface area contributed by atoms with Crippen LogP contribution in [0.3, 0.4) is 0 Å². The number of amides is 1. The van der Waals surface area contributed by atoms with Crippen molar-refractivity contribution in [3.63, 3.8) is 0 Å². The van der Waals surface area contributed by atoms with Crippen molar-refractivity contribution < 1.29 is 14.6 Å². The Morgan fingerprint density at radius 2 is 2.04 bits per heavy atom. The third kappa shape index (κ3) is 5.33. The summed E-state index contributed by atoms with van der Waals surface area (Å²) in [4.78, 5) is 12.0. The van der Waals surface area contributed by atoms with Gasteiger partial charge in [0.2, 0.25) is 5.91 Å². The number of benzene rings is 1. The van der Waals surface area contributed by atoms with Crippen LogP contribution in [0.2, 0.25) is 0 Å². The maximum absolute atomic E-state index is 12.0. The summed E-state index contributed by atoms with van der Waals surface area (Å²) in [6, 6.07) is 8.43. The Morgan fingerprint density at radius 3 is 2.70 bits per heavy atom. The summed E-state index contributed by atoms with van der Waals surface area (Å²) in [5.41, 5.74) is 2.41. The number of hydrogen-bond acceptors (Lipinski definition) is 3. The number of nitrogens with one attached hydrogen (secondary N) is 1. The molecule has 1 aliphatic rings. The van der Waals surface area contributed by atoms with Crippen LogP contribution in [0.25, 0.3) is 0 Å². The minimum atomic E-state index is -0.578. The Hall–Kier alpha value is -1.39. The lowest BCUT2D eigenvalue weighted by Crippen LogP contribution is -2.37. The van der Waals surface area contributed by atoms with Gasteiger partial charge in [-0.2, -0.15) is 0 Å². The molecule has 0 spiro atoms. The maximum atomic E-state index is 12.0. The van der Waals surface area contributed by atoms with E-state index in [9.17, 15) is 9.90 Å². The molecule has 1 aromatic rings. The average Bonchev–Trinajstić information content (AvgIpc) is 2.54. The molecule has 0 aromatic heterocycles. The third-order valence-electron chi connectivity index (χ3n) is 4.58. The van der Waals surface area contributed by atoms with Crippen molar-refractivity contribution >= 4 is 5.91 Å². The number of hydrogen-bond donors (Lipinski definition) is 2. The van der Waals surface area contributed by atoms with E-state index in [4.69, 9.17) is 4.74 Å². The molecule has 0 bridgehead atoms. The second-order valence-corrected chi connectivity index (χ2v) is 6.92. The largest absolute Gasteiger partial charge is 0.392 e. The van der Waals surface area contributed by atoms with Gasteiger partial charge in [0.05, 0.1) is 18.6 Å². The van der Waals surface area contributed by atoms with Gasteiger partial charge in [-0.1, -0.05) is 43.7 Å². The Labute approximate surface area is 139 Å². The zero-order chi connectivity index (χ0) is 16.8. The van der Waals surface area contributed by atoms with E-state index in [1.165, 1.54) is 11.1 Å². The van der Waals surface area contributed by atoms with Crippen molar-refractivity contribution in [2.45, 2.75) is 52.2 Å². The zero-order valence-electron chi connectivity index (χ0n) is 14.4. The van der Waals surface area contributed by atoms with Gasteiger partial charge in [-0.15, -0.1) is 0 Å². The predicted molar refractivity (Wildman–Crippen MR) is 91.1 cm³/mol. The summed E-state index contributed by atoms with van der Waals surface area (Å²) in [5.74, 6) is 0.296. The van der Waals surface area contributed by atoms with Crippen molar-refractivity contribution in [3.05, 3.63) is 35.4 Å². The number of aliphatic hydroxyl groups excluding tert-OH is 1. The molecule has 2 rings (SSSR count). The van der Waals surface area contributed by atoms with Crippen LogP contribution >= 0.6 is 0 Å². The number of ether oxygens (including phenoxy) is 1. The van der Waals surface area contributed by atoms with Gasteiger partial charge in [0.25, 0.3) is 0 Å². The molecule has 0 aliphatic carbocycles. The SMILES string of the molecule is Cc1ccc(C2OCCCC2CNC(=O)CC(O)C(C)C)cc1. The van der Waals surface area contributed by atoms with Crippen molar-refractivity contribution in [1.82, 2.24) is 5.32 Å². The maximum Gasteiger partial charge on any atom is 0.222 e. The lowest BCUT2D eigenvalue weighted by Gasteiger charge is -2.32. The van der Waals surface area contributed by atoms with Crippen LogP contribution in [0.5, 0.6) is 0 Å².